The second-order valence-corrected chi connectivity index (χ2v) is 6.97. The second kappa shape index (κ2) is 9.18. The molecule has 1 N–H and O–H groups in total. The van der Waals surface area contributed by atoms with Gasteiger partial charge in [0.1, 0.15) is 22.8 Å². The highest BCUT2D eigenvalue weighted by molar-refractivity contribution is 5.98. The average molecular weight is 427 g/mol. The maximum Gasteiger partial charge on any atom is 0.347 e. The summed E-state index contributed by atoms with van der Waals surface area (Å²) in [6, 6.07) is 23.4. The van der Waals surface area contributed by atoms with Gasteiger partial charge in [0.2, 0.25) is 5.91 Å². The minimum Gasteiger partial charge on any atom is -0.496 e. The summed E-state index contributed by atoms with van der Waals surface area (Å²) in [6.07, 6.45) is 1.64. The summed E-state index contributed by atoms with van der Waals surface area (Å²) in [5.74, 6) is 0.215. The van der Waals surface area contributed by atoms with Crippen LogP contribution in [0.2, 0.25) is 0 Å². The Balaban J connectivity index is 1.71. The lowest BCUT2D eigenvalue weighted by atomic mass is 10.1. The van der Waals surface area contributed by atoms with Gasteiger partial charge in [-0.25, -0.2) is 9.48 Å². The average Bonchev–Trinajstić information content (AvgIpc) is 3.26. The fraction of sp³-hybridized carbons (Fsp3) is 0.0800. The van der Waals surface area contributed by atoms with E-state index in [-0.39, 0.29) is 5.91 Å². The van der Waals surface area contributed by atoms with Crippen LogP contribution < -0.4 is 14.8 Å². The van der Waals surface area contributed by atoms with Crippen LogP contribution in [0, 0.1) is 0 Å². The van der Waals surface area contributed by atoms with Crippen LogP contribution in [0.15, 0.2) is 85.1 Å². The first-order chi connectivity index (χ1) is 15.5. The molecule has 0 saturated heterocycles. The van der Waals surface area contributed by atoms with Crippen LogP contribution in [0.5, 0.6) is 11.5 Å². The Morgan fingerprint density at radius 1 is 0.906 bits per heavy atom. The standard InChI is InChI=1S/C25H21N3O4/c1-17(29)26-18-12-14-20(15-13-18)32-25(30)22-16-28(19-8-4-3-5-9-19)27-24(22)21-10-6-7-11-23(21)31-2/h3-16H,1-2H3,(H,26,29). The molecule has 1 heterocycles. The second-order valence-electron chi connectivity index (χ2n) is 6.97. The van der Waals surface area contributed by atoms with Gasteiger partial charge in [-0.05, 0) is 48.5 Å². The summed E-state index contributed by atoms with van der Waals surface area (Å²) >= 11 is 0. The van der Waals surface area contributed by atoms with Gasteiger partial charge in [0.15, 0.2) is 0 Å². The van der Waals surface area contributed by atoms with E-state index in [2.05, 4.69) is 10.4 Å². The van der Waals surface area contributed by atoms with Crippen LogP contribution in [0.3, 0.4) is 0 Å². The van der Waals surface area contributed by atoms with Crippen LogP contribution >= 0.6 is 0 Å². The molecule has 0 aliphatic heterocycles. The van der Waals surface area contributed by atoms with Gasteiger partial charge in [0.05, 0.1) is 12.8 Å². The van der Waals surface area contributed by atoms with E-state index in [4.69, 9.17) is 9.47 Å². The zero-order chi connectivity index (χ0) is 22.5. The first kappa shape index (κ1) is 20.9. The third kappa shape index (κ3) is 4.52. The summed E-state index contributed by atoms with van der Waals surface area (Å²) in [6.45, 7) is 1.43. The molecule has 0 radical (unpaired) electrons. The molecule has 0 atom stereocenters. The number of aromatic nitrogens is 2. The summed E-state index contributed by atoms with van der Waals surface area (Å²) in [4.78, 5) is 24.3. The van der Waals surface area contributed by atoms with Crippen molar-refractivity contribution >= 4 is 17.6 Å². The highest BCUT2D eigenvalue weighted by atomic mass is 16.5. The minimum atomic E-state index is -0.555. The summed E-state index contributed by atoms with van der Waals surface area (Å²) in [7, 11) is 1.57. The molecule has 1 aromatic heterocycles. The van der Waals surface area contributed by atoms with Gasteiger partial charge in [-0.3, -0.25) is 4.79 Å². The molecule has 0 saturated carbocycles. The number of nitrogens with zero attached hydrogens (tertiary/aromatic N) is 2. The molecule has 4 rings (SSSR count). The van der Waals surface area contributed by atoms with Crippen LogP contribution in [0.1, 0.15) is 17.3 Å². The van der Waals surface area contributed by atoms with E-state index in [1.165, 1.54) is 6.92 Å². The van der Waals surface area contributed by atoms with Crippen molar-refractivity contribution in [1.82, 2.24) is 9.78 Å². The number of benzene rings is 3. The number of amides is 1. The quantitative estimate of drug-likeness (QED) is 0.355. The Kier molecular flexibility index (Phi) is 5.98. The highest BCUT2D eigenvalue weighted by Crippen LogP contribution is 2.32. The van der Waals surface area contributed by atoms with Gasteiger partial charge in [-0.15, -0.1) is 0 Å². The van der Waals surface area contributed by atoms with E-state index < -0.39 is 5.97 Å². The number of hydrogen-bond donors (Lipinski definition) is 1. The molecule has 0 fully saturated rings. The Morgan fingerprint density at radius 3 is 2.28 bits per heavy atom. The van der Waals surface area contributed by atoms with Gasteiger partial charge in [-0.1, -0.05) is 30.3 Å². The molecule has 0 bridgehead atoms. The number of methoxy groups -OCH3 is 1. The molecule has 0 unspecified atom stereocenters. The summed E-state index contributed by atoms with van der Waals surface area (Å²) in [5.41, 5.74) is 2.85. The molecule has 7 heteroatoms. The van der Waals surface area contributed by atoms with Crippen molar-refractivity contribution in [3.8, 4) is 28.4 Å². The molecule has 0 aliphatic carbocycles. The first-order valence-electron chi connectivity index (χ1n) is 9.93. The summed E-state index contributed by atoms with van der Waals surface area (Å²) < 4.78 is 12.7. The molecule has 7 nitrogen and oxygen atoms in total. The van der Waals surface area contributed by atoms with Crippen LogP contribution in [-0.4, -0.2) is 28.8 Å². The number of para-hydroxylation sites is 2. The molecular formula is C25H21N3O4. The van der Waals surface area contributed by atoms with Crippen molar-refractivity contribution in [1.29, 1.82) is 0 Å². The Labute approximate surface area is 185 Å². The zero-order valence-corrected chi connectivity index (χ0v) is 17.6. The lowest BCUT2D eigenvalue weighted by Crippen LogP contribution is -2.09. The van der Waals surface area contributed by atoms with Gasteiger partial charge in [0, 0.05) is 24.4 Å². The predicted molar refractivity (Wildman–Crippen MR) is 121 cm³/mol. The van der Waals surface area contributed by atoms with Crippen LogP contribution in [-0.2, 0) is 4.79 Å². The van der Waals surface area contributed by atoms with E-state index in [0.717, 1.165) is 5.69 Å². The monoisotopic (exact) mass is 427 g/mol. The molecule has 4 aromatic rings. The van der Waals surface area contributed by atoms with Crippen LogP contribution in [0.4, 0.5) is 5.69 Å². The normalized spacial score (nSPS) is 10.4. The number of rotatable bonds is 6. The maximum atomic E-state index is 13.1. The predicted octanol–water partition coefficient (Wildman–Crippen LogP) is 4.73. The lowest BCUT2D eigenvalue weighted by Gasteiger charge is -2.08. The number of esters is 1. The Bertz CT molecular complexity index is 1250. The first-order valence-corrected chi connectivity index (χ1v) is 9.93. The van der Waals surface area contributed by atoms with Gasteiger partial charge in [-0.2, -0.15) is 5.10 Å². The third-order valence-electron chi connectivity index (χ3n) is 4.70. The summed E-state index contributed by atoms with van der Waals surface area (Å²) in [5, 5.41) is 7.33. The van der Waals surface area contributed by atoms with E-state index in [1.54, 1.807) is 42.3 Å². The largest absolute Gasteiger partial charge is 0.496 e. The van der Waals surface area contributed by atoms with Crippen molar-refractivity contribution in [2.45, 2.75) is 6.92 Å². The van der Waals surface area contributed by atoms with Gasteiger partial charge in [0.25, 0.3) is 0 Å². The van der Waals surface area contributed by atoms with E-state index in [1.807, 2.05) is 54.6 Å². The number of carbonyl (C=O) groups is 2. The maximum absolute atomic E-state index is 13.1. The van der Waals surface area contributed by atoms with Crippen molar-refractivity contribution < 1.29 is 19.1 Å². The fourth-order valence-corrected chi connectivity index (χ4v) is 3.25. The van der Waals surface area contributed by atoms with Crippen molar-refractivity contribution in [3.05, 3.63) is 90.6 Å². The Hall–Kier alpha value is -4.39. The number of nitrogens with one attached hydrogen (secondary N) is 1. The van der Waals surface area contributed by atoms with Crippen LogP contribution in [0.25, 0.3) is 16.9 Å². The number of hydrogen-bond acceptors (Lipinski definition) is 5. The Morgan fingerprint density at radius 2 is 1.59 bits per heavy atom. The SMILES string of the molecule is COc1ccccc1-c1nn(-c2ccccc2)cc1C(=O)Oc1ccc(NC(C)=O)cc1. The highest BCUT2D eigenvalue weighted by Gasteiger charge is 2.22. The zero-order valence-electron chi connectivity index (χ0n) is 17.6. The van der Waals surface area contributed by atoms with E-state index in [9.17, 15) is 9.59 Å². The molecule has 0 aliphatic rings. The lowest BCUT2D eigenvalue weighted by molar-refractivity contribution is -0.114. The minimum absolute atomic E-state index is 0.176. The van der Waals surface area contributed by atoms with E-state index >= 15 is 0 Å². The molecular weight excluding hydrogens is 406 g/mol. The molecule has 0 spiro atoms. The molecule has 32 heavy (non-hydrogen) atoms. The molecule has 1 amide bonds. The third-order valence-corrected chi connectivity index (χ3v) is 4.70. The molecule has 160 valence electrons. The van der Waals surface area contributed by atoms with Gasteiger partial charge >= 0.3 is 5.97 Å². The van der Waals surface area contributed by atoms with Crippen molar-refractivity contribution in [2.24, 2.45) is 0 Å². The number of carbonyl (C=O) groups excluding carboxylic acids is 2. The van der Waals surface area contributed by atoms with Crippen molar-refractivity contribution in [2.75, 3.05) is 12.4 Å². The molecule has 3 aromatic carbocycles. The number of anilines is 1. The topological polar surface area (TPSA) is 82.5 Å². The van der Waals surface area contributed by atoms with Crippen molar-refractivity contribution in [3.63, 3.8) is 0 Å². The fourth-order valence-electron chi connectivity index (χ4n) is 3.25. The smallest absolute Gasteiger partial charge is 0.347 e. The van der Waals surface area contributed by atoms with E-state index in [0.29, 0.717) is 34.0 Å². The van der Waals surface area contributed by atoms with Gasteiger partial charge < -0.3 is 14.8 Å². The number of ether oxygens (including phenoxy) is 2.